The van der Waals surface area contributed by atoms with Gasteiger partial charge in [0.2, 0.25) is 0 Å². The molecule has 1 aromatic heterocycles. The molecule has 9 rings (SSSR count). The van der Waals surface area contributed by atoms with Crippen LogP contribution in [-0.4, -0.2) is 0 Å². The van der Waals surface area contributed by atoms with Crippen LogP contribution in [0.15, 0.2) is 186 Å². The fourth-order valence-corrected chi connectivity index (χ4v) is 6.89. The summed E-state index contributed by atoms with van der Waals surface area (Å²) in [5.74, 6) is 0.244. The van der Waals surface area contributed by atoms with E-state index < -0.39 is 18.1 Å². The third-order valence-corrected chi connectivity index (χ3v) is 8.98. The summed E-state index contributed by atoms with van der Waals surface area (Å²) in [5.41, 5.74) is 8.64. The molecular formula is C46H30O. The Balaban J connectivity index is 1.29. The zero-order valence-electron chi connectivity index (χ0n) is 30.3. The molecule has 0 amide bonds. The first-order valence-electron chi connectivity index (χ1n) is 18.2. The summed E-state index contributed by atoms with van der Waals surface area (Å²) < 4.78 is 49.2. The zero-order valence-corrected chi connectivity index (χ0v) is 25.3. The topological polar surface area (TPSA) is 13.1 Å². The largest absolute Gasteiger partial charge is 0.455 e. The van der Waals surface area contributed by atoms with Crippen LogP contribution in [0.4, 0.5) is 0 Å². The highest BCUT2D eigenvalue weighted by molar-refractivity contribution is 6.21. The van der Waals surface area contributed by atoms with Gasteiger partial charge >= 0.3 is 0 Å². The maximum atomic E-state index is 8.83. The molecule has 0 aliphatic heterocycles. The van der Waals surface area contributed by atoms with Gasteiger partial charge in [-0.3, -0.25) is 0 Å². The minimum Gasteiger partial charge on any atom is -0.455 e. The van der Waals surface area contributed by atoms with Crippen molar-refractivity contribution < 1.29 is 11.3 Å². The van der Waals surface area contributed by atoms with E-state index in [0.717, 1.165) is 44.0 Å². The maximum absolute atomic E-state index is 8.83. The molecule has 0 N–H and O–H groups in total. The molecule has 1 heteroatoms. The monoisotopic (exact) mass is 603 g/mol. The van der Waals surface area contributed by atoms with Crippen molar-refractivity contribution in [3.8, 4) is 55.8 Å². The Morgan fingerprint density at radius 1 is 0.340 bits per heavy atom. The summed E-state index contributed by atoms with van der Waals surface area (Å²) in [6, 6.07) is 50.0. The van der Waals surface area contributed by atoms with Crippen molar-refractivity contribution in [2.45, 2.75) is 0 Å². The number of fused-ring (bicyclic) bond motifs is 3. The van der Waals surface area contributed by atoms with Gasteiger partial charge in [0, 0.05) is 16.5 Å². The van der Waals surface area contributed by atoms with E-state index in [2.05, 4.69) is 91.0 Å². The van der Waals surface area contributed by atoms with Gasteiger partial charge in [0.25, 0.3) is 0 Å². The third-order valence-electron chi connectivity index (χ3n) is 8.98. The molecule has 0 spiro atoms. The van der Waals surface area contributed by atoms with E-state index in [0.29, 0.717) is 11.1 Å². The summed E-state index contributed by atoms with van der Waals surface area (Å²) in [4.78, 5) is 0. The predicted octanol–water partition coefficient (Wildman–Crippen LogP) is 13.1. The fraction of sp³-hybridized carbons (Fsp3) is 0. The first-order valence-corrected chi connectivity index (χ1v) is 15.7. The van der Waals surface area contributed by atoms with Crippen molar-refractivity contribution in [1.29, 1.82) is 0 Å². The van der Waals surface area contributed by atoms with E-state index in [-0.39, 0.29) is 23.4 Å². The molecular weight excluding hydrogens is 569 g/mol. The van der Waals surface area contributed by atoms with E-state index in [1.54, 1.807) is 0 Å². The number of furan rings is 1. The minimum atomic E-state index is -0.440. The first kappa shape index (κ1) is 22.3. The Kier molecular flexibility index (Phi) is 5.38. The third kappa shape index (κ3) is 4.64. The molecule has 0 saturated heterocycles. The quantitative estimate of drug-likeness (QED) is 0.178. The smallest absolute Gasteiger partial charge is 0.143 e. The van der Waals surface area contributed by atoms with Crippen molar-refractivity contribution in [2.24, 2.45) is 0 Å². The van der Waals surface area contributed by atoms with Crippen LogP contribution in [0.1, 0.15) is 6.85 Å². The molecule has 0 atom stereocenters. The van der Waals surface area contributed by atoms with Crippen LogP contribution in [0, 0.1) is 0 Å². The lowest BCUT2D eigenvalue weighted by atomic mass is 9.85. The van der Waals surface area contributed by atoms with Gasteiger partial charge in [-0.1, -0.05) is 170 Å². The molecule has 0 aliphatic carbocycles. The number of rotatable bonds is 5. The molecule has 0 bridgehead atoms. The molecule has 1 nitrogen and oxygen atoms in total. The van der Waals surface area contributed by atoms with Crippen molar-refractivity contribution in [2.75, 3.05) is 0 Å². The van der Waals surface area contributed by atoms with Gasteiger partial charge in [0.1, 0.15) is 11.3 Å². The fourth-order valence-electron chi connectivity index (χ4n) is 6.89. The average Bonchev–Trinajstić information content (AvgIpc) is 3.57. The summed E-state index contributed by atoms with van der Waals surface area (Å²) in [7, 11) is 0. The highest BCUT2D eigenvalue weighted by atomic mass is 16.3. The van der Waals surface area contributed by atoms with Gasteiger partial charge in [-0.2, -0.15) is 0 Å². The van der Waals surface area contributed by atoms with Gasteiger partial charge in [0.15, 0.2) is 0 Å². The molecule has 8 aromatic carbocycles. The lowest BCUT2D eigenvalue weighted by Crippen LogP contribution is -1.91. The van der Waals surface area contributed by atoms with Crippen molar-refractivity contribution in [3.05, 3.63) is 182 Å². The molecule has 9 aromatic rings. The molecule has 0 fully saturated rings. The maximum Gasteiger partial charge on any atom is 0.143 e. The molecule has 0 unspecified atom stereocenters. The van der Waals surface area contributed by atoms with E-state index in [9.17, 15) is 0 Å². The van der Waals surface area contributed by atoms with Gasteiger partial charge in [-0.25, -0.2) is 0 Å². The Morgan fingerprint density at radius 3 is 1.34 bits per heavy atom. The number of hydrogen-bond donors (Lipinski definition) is 0. The van der Waals surface area contributed by atoms with E-state index >= 15 is 0 Å². The predicted molar refractivity (Wildman–Crippen MR) is 198 cm³/mol. The molecule has 0 radical (unpaired) electrons. The Morgan fingerprint density at radius 2 is 0.787 bits per heavy atom. The SMILES string of the molecule is [2H]c1c([2H])c([2H])c(-c2oc3ccc(-c4ccccc4)cc3c2-c2ccc(-c3c4ccccc4c(-c4ccccc4)c4ccccc34)cc2)c([2H])c1[2H]. The molecule has 0 saturated carbocycles. The van der Waals surface area contributed by atoms with Crippen LogP contribution in [0.3, 0.4) is 0 Å². The Labute approximate surface area is 281 Å². The Hall–Kier alpha value is -6.18. The van der Waals surface area contributed by atoms with Crippen LogP contribution in [0.25, 0.3) is 88.3 Å². The zero-order chi connectivity index (χ0) is 35.5. The van der Waals surface area contributed by atoms with Crippen molar-refractivity contribution in [1.82, 2.24) is 0 Å². The molecule has 220 valence electrons. The van der Waals surface area contributed by atoms with Crippen LogP contribution in [0.5, 0.6) is 0 Å². The summed E-state index contributed by atoms with van der Waals surface area (Å²) in [6.07, 6.45) is 0. The second-order valence-corrected chi connectivity index (χ2v) is 11.7. The lowest BCUT2D eigenvalue weighted by Gasteiger charge is -2.18. The van der Waals surface area contributed by atoms with Crippen LogP contribution >= 0.6 is 0 Å². The van der Waals surface area contributed by atoms with Gasteiger partial charge in [-0.15, -0.1) is 0 Å². The van der Waals surface area contributed by atoms with E-state index in [1.807, 2.05) is 60.7 Å². The van der Waals surface area contributed by atoms with Crippen LogP contribution < -0.4 is 0 Å². The standard InChI is InChI=1S/C46H30O/c1-4-14-31(15-5-1)36-28-29-42-41(30-36)45(46(47-42)35-18-8-3-9-19-35)34-26-24-33(25-27-34)44-39-22-12-10-20-37(39)43(32-16-6-2-7-17-32)38-21-11-13-23-40(38)44/h1-30H/i3D,8D,9D,18D,19D. The molecule has 47 heavy (non-hydrogen) atoms. The van der Waals surface area contributed by atoms with Crippen molar-refractivity contribution >= 4 is 32.5 Å². The van der Waals surface area contributed by atoms with E-state index in [4.69, 9.17) is 11.3 Å². The molecule has 1 heterocycles. The lowest BCUT2D eigenvalue weighted by molar-refractivity contribution is 0.632. The summed E-state index contributed by atoms with van der Waals surface area (Å²) in [6.45, 7) is 0. The van der Waals surface area contributed by atoms with Crippen molar-refractivity contribution in [3.63, 3.8) is 0 Å². The minimum absolute atomic E-state index is 0.0380. The summed E-state index contributed by atoms with van der Waals surface area (Å²) >= 11 is 0. The molecule has 0 aliphatic rings. The second-order valence-electron chi connectivity index (χ2n) is 11.7. The van der Waals surface area contributed by atoms with Gasteiger partial charge in [-0.05, 0) is 72.6 Å². The van der Waals surface area contributed by atoms with Crippen LogP contribution in [-0.2, 0) is 0 Å². The van der Waals surface area contributed by atoms with Gasteiger partial charge < -0.3 is 4.42 Å². The number of benzene rings is 8. The normalized spacial score (nSPS) is 12.9. The Bertz CT molecular complexity index is 2740. The highest BCUT2D eigenvalue weighted by Gasteiger charge is 2.20. The van der Waals surface area contributed by atoms with Gasteiger partial charge in [0.05, 0.1) is 6.85 Å². The number of hydrogen-bond acceptors (Lipinski definition) is 1. The highest BCUT2D eigenvalue weighted by Crippen LogP contribution is 2.46. The summed E-state index contributed by atoms with van der Waals surface area (Å²) in [5, 5.41) is 5.43. The second kappa shape index (κ2) is 11.3. The average molecular weight is 604 g/mol. The van der Waals surface area contributed by atoms with Crippen LogP contribution in [0.2, 0.25) is 0 Å². The van der Waals surface area contributed by atoms with E-state index in [1.165, 1.54) is 21.9 Å². The first-order chi connectivity index (χ1) is 25.4.